The number of aryl methyl sites for hydroxylation is 1. The van der Waals surface area contributed by atoms with E-state index in [9.17, 15) is 5.11 Å². The average molecular weight is 299 g/mol. The molecule has 4 heteroatoms. The molecule has 3 aromatic rings. The van der Waals surface area contributed by atoms with Crippen LogP contribution in [0.15, 0.2) is 60.8 Å². The summed E-state index contributed by atoms with van der Waals surface area (Å²) in [5.41, 5.74) is 3.28. The van der Waals surface area contributed by atoms with E-state index in [1.54, 1.807) is 10.7 Å². The summed E-state index contributed by atoms with van der Waals surface area (Å²) in [6.07, 6.45) is 1.05. The predicted molar refractivity (Wildman–Crippen MR) is 83.8 cm³/mol. The van der Waals surface area contributed by atoms with E-state index in [1.807, 2.05) is 61.7 Å². The Bertz CT molecular complexity index is 752. The van der Waals surface area contributed by atoms with Crippen molar-refractivity contribution in [2.24, 2.45) is 0 Å². The zero-order valence-electron chi connectivity index (χ0n) is 11.6. The molecular formula is C17H15ClN2O. The third-order valence-electron chi connectivity index (χ3n) is 3.42. The van der Waals surface area contributed by atoms with Crippen LogP contribution >= 0.6 is 11.6 Å². The number of aliphatic hydroxyl groups excluding tert-OH is 1. The van der Waals surface area contributed by atoms with Gasteiger partial charge in [-0.25, -0.2) is 4.68 Å². The van der Waals surface area contributed by atoms with Gasteiger partial charge in [0.15, 0.2) is 0 Å². The number of aliphatic hydroxyl groups is 1. The number of hydrogen-bond donors (Lipinski definition) is 1. The second-order valence-corrected chi connectivity index (χ2v) is 5.34. The molecular weight excluding hydrogens is 284 g/mol. The first-order valence-corrected chi connectivity index (χ1v) is 7.08. The Morgan fingerprint density at radius 1 is 1.10 bits per heavy atom. The van der Waals surface area contributed by atoms with Gasteiger partial charge in [-0.3, -0.25) is 0 Å². The van der Waals surface area contributed by atoms with E-state index in [1.165, 1.54) is 0 Å². The lowest BCUT2D eigenvalue weighted by atomic mass is 10.1. The van der Waals surface area contributed by atoms with Crippen molar-refractivity contribution < 1.29 is 5.11 Å². The van der Waals surface area contributed by atoms with Crippen LogP contribution in [0.5, 0.6) is 0 Å². The Kier molecular flexibility index (Phi) is 3.78. The third-order valence-corrected chi connectivity index (χ3v) is 3.83. The second kappa shape index (κ2) is 5.72. The molecule has 1 aromatic heterocycles. The third kappa shape index (κ3) is 2.84. The SMILES string of the molecule is Cc1ccc(C(O)c2ccn(-c3ccccc3)n2)cc1Cl. The van der Waals surface area contributed by atoms with E-state index >= 15 is 0 Å². The molecule has 21 heavy (non-hydrogen) atoms. The summed E-state index contributed by atoms with van der Waals surface area (Å²) in [6.45, 7) is 1.93. The van der Waals surface area contributed by atoms with E-state index in [4.69, 9.17) is 11.6 Å². The lowest BCUT2D eigenvalue weighted by Crippen LogP contribution is -2.03. The normalized spacial score (nSPS) is 12.3. The first-order chi connectivity index (χ1) is 10.1. The molecule has 0 aliphatic rings. The molecule has 0 saturated heterocycles. The Labute approximate surface area is 128 Å². The molecule has 0 spiro atoms. The number of aromatic nitrogens is 2. The number of hydrogen-bond acceptors (Lipinski definition) is 2. The Hall–Kier alpha value is -2.10. The van der Waals surface area contributed by atoms with Gasteiger partial charge in [-0.15, -0.1) is 0 Å². The van der Waals surface area contributed by atoms with Gasteiger partial charge in [0, 0.05) is 11.2 Å². The van der Waals surface area contributed by atoms with Gasteiger partial charge in [-0.1, -0.05) is 41.9 Å². The van der Waals surface area contributed by atoms with Gasteiger partial charge in [-0.05, 0) is 42.3 Å². The molecule has 0 bridgehead atoms. The molecule has 3 rings (SSSR count). The van der Waals surface area contributed by atoms with Crippen molar-refractivity contribution in [3.8, 4) is 5.69 Å². The highest BCUT2D eigenvalue weighted by Crippen LogP contribution is 2.25. The number of nitrogens with zero attached hydrogens (tertiary/aromatic N) is 2. The Morgan fingerprint density at radius 2 is 1.86 bits per heavy atom. The van der Waals surface area contributed by atoms with E-state index in [2.05, 4.69) is 5.10 Å². The Morgan fingerprint density at radius 3 is 2.57 bits per heavy atom. The quantitative estimate of drug-likeness (QED) is 0.796. The van der Waals surface area contributed by atoms with Gasteiger partial charge in [0.05, 0.1) is 11.4 Å². The summed E-state index contributed by atoms with van der Waals surface area (Å²) in [5, 5.41) is 15.5. The van der Waals surface area contributed by atoms with Gasteiger partial charge in [0.1, 0.15) is 6.10 Å². The van der Waals surface area contributed by atoms with Crippen LogP contribution in [0.2, 0.25) is 5.02 Å². The minimum Gasteiger partial charge on any atom is -0.382 e. The molecule has 3 nitrogen and oxygen atoms in total. The smallest absolute Gasteiger partial charge is 0.123 e. The van der Waals surface area contributed by atoms with Crippen LogP contribution in [0.1, 0.15) is 22.9 Å². The molecule has 0 amide bonds. The topological polar surface area (TPSA) is 38.0 Å². The number of para-hydroxylation sites is 1. The zero-order chi connectivity index (χ0) is 14.8. The van der Waals surface area contributed by atoms with Gasteiger partial charge in [-0.2, -0.15) is 5.10 Å². The summed E-state index contributed by atoms with van der Waals surface area (Å²) in [7, 11) is 0. The standard InChI is InChI=1S/C17H15ClN2O/c1-12-7-8-13(11-15(12)18)17(21)16-9-10-20(19-16)14-5-3-2-4-6-14/h2-11,17,21H,1H3. The van der Waals surface area contributed by atoms with Crippen LogP contribution in [0.3, 0.4) is 0 Å². The fourth-order valence-corrected chi connectivity index (χ4v) is 2.35. The van der Waals surface area contributed by atoms with E-state index in [-0.39, 0.29) is 0 Å². The number of benzene rings is 2. The summed E-state index contributed by atoms with van der Waals surface area (Å²) in [6, 6.07) is 17.1. The minimum absolute atomic E-state index is 0.596. The number of rotatable bonds is 3. The van der Waals surface area contributed by atoms with E-state index < -0.39 is 6.10 Å². The van der Waals surface area contributed by atoms with Crippen molar-refractivity contribution in [1.29, 1.82) is 0 Å². The van der Waals surface area contributed by atoms with Crippen molar-refractivity contribution in [3.05, 3.63) is 82.6 Å². The molecule has 2 aromatic carbocycles. The second-order valence-electron chi connectivity index (χ2n) is 4.93. The molecule has 0 aliphatic carbocycles. The van der Waals surface area contributed by atoms with Crippen LogP contribution in [0.25, 0.3) is 5.69 Å². The van der Waals surface area contributed by atoms with E-state index in [0.29, 0.717) is 10.7 Å². The lowest BCUT2D eigenvalue weighted by molar-refractivity contribution is 0.214. The molecule has 1 N–H and O–H groups in total. The fraction of sp³-hybridized carbons (Fsp3) is 0.118. The highest BCUT2D eigenvalue weighted by atomic mass is 35.5. The van der Waals surface area contributed by atoms with Crippen LogP contribution in [0, 0.1) is 6.92 Å². The molecule has 1 heterocycles. The average Bonchev–Trinajstić information content (AvgIpc) is 3.00. The molecule has 1 unspecified atom stereocenters. The van der Waals surface area contributed by atoms with Gasteiger partial charge in [0.2, 0.25) is 0 Å². The van der Waals surface area contributed by atoms with Crippen LogP contribution in [0.4, 0.5) is 0 Å². The summed E-state index contributed by atoms with van der Waals surface area (Å²) < 4.78 is 1.74. The zero-order valence-corrected chi connectivity index (χ0v) is 12.3. The van der Waals surface area contributed by atoms with Crippen molar-refractivity contribution in [2.45, 2.75) is 13.0 Å². The molecule has 1 atom stereocenters. The maximum absolute atomic E-state index is 10.4. The first kappa shape index (κ1) is 13.9. The van der Waals surface area contributed by atoms with Gasteiger partial charge >= 0.3 is 0 Å². The van der Waals surface area contributed by atoms with Crippen molar-refractivity contribution in [2.75, 3.05) is 0 Å². The molecule has 0 fully saturated rings. The summed E-state index contributed by atoms with van der Waals surface area (Å²) in [5.74, 6) is 0. The van der Waals surface area contributed by atoms with Crippen molar-refractivity contribution in [1.82, 2.24) is 9.78 Å². The highest BCUT2D eigenvalue weighted by Gasteiger charge is 2.14. The van der Waals surface area contributed by atoms with Gasteiger partial charge in [0.25, 0.3) is 0 Å². The molecule has 0 radical (unpaired) electrons. The maximum Gasteiger partial charge on any atom is 0.123 e. The van der Waals surface area contributed by atoms with Crippen LogP contribution < -0.4 is 0 Å². The first-order valence-electron chi connectivity index (χ1n) is 6.70. The highest BCUT2D eigenvalue weighted by molar-refractivity contribution is 6.31. The largest absolute Gasteiger partial charge is 0.382 e. The van der Waals surface area contributed by atoms with Crippen molar-refractivity contribution >= 4 is 11.6 Å². The summed E-state index contributed by atoms with van der Waals surface area (Å²) >= 11 is 6.11. The van der Waals surface area contributed by atoms with Crippen molar-refractivity contribution in [3.63, 3.8) is 0 Å². The van der Waals surface area contributed by atoms with Crippen LogP contribution in [-0.4, -0.2) is 14.9 Å². The predicted octanol–water partition coefficient (Wildman–Crippen LogP) is 3.92. The Balaban J connectivity index is 1.90. The lowest BCUT2D eigenvalue weighted by Gasteiger charge is -2.10. The maximum atomic E-state index is 10.4. The molecule has 106 valence electrons. The molecule has 0 aliphatic heterocycles. The minimum atomic E-state index is -0.784. The summed E-state index contributed by atoms with van der Waals surface area (Å²) in [4.78, 5) is 0. The fourth-order valence-electron chi connectivity index (χ4n) is 2.16. The van der Waals surface area contributed by atoms with Crippen LogP contribution in [-0.2, 0) is 0 Å². The monoisotopic (exact) mass is 298 g/mol. The number of halogens is 1. The van der Waals surface area contributed by atoms with E-state index in [0.717, 1.165) is 16.8 Å². The molecule has 0 saturated carbocycles. The van der Waals surface area contributed by atoms with Gasteiger partial charge < -0.3 is 5.11 Å².